The van der Waals surface area contributed by atoms with Gasteiger partial charge in [-0.3, -0.25) is 4.79 Å². The van der Waals surface area contributed by atoms with Gasteiger partial charge in [0.05, 0.1) is 24.7 Å². The van der Waals surface area contributed by atoms with Gasteiger partial charge in [-0.15, -0.1) is 0 Å². The number of methoxy groups -OCH3 is 1. The first-order valence-corrected chi connectivity index (χ1v) is 6.09. The summed E-state index contributed by atoms with van der Waals surface area (Å²) in [6, 6.07) is 7.17. The number of amides is 1. The molecule has 1 amide bonds. The molecule has 2 aromatic rings. The van der Waals surface area contributed by atoms with E-state index in [4.69, 9.17) is 4.74 Å². The van der Waals surface area contributed by atoms with Crippen LogP contribution in [0, 0.1) is 0 Å². The standard InChI is InChI=1S/C14H17N3O2/c1-17-9-11(16-10-17)7-8-15-14(18)12-5-3-4-6-13(12)19-2/h3-6,9-10H,7-8H2,1-2H3,(H,15,18). The summed E-state index contributed by atoms with van der Waals surface area (Å²) >= 11 is 0. The zero-order valence-corrected chi connectivity index (χ0v) is 11.1. The third-order valence-electron chi connectivity index (χ3n) is 2.78. The van der Waals surface area contributed by atoms with Crippen molar-refractivity contribution in [3.8, 4) is 5.75 Å². The molecule has 0 spiro atoms. The molecule has 0 radical (unpaired) electrons. The van der Waals surface area contributed by atoms with Crippen molar-refractivity contribution in [2.45, 2.75) is 6.42 Å². The van der Waals surface area contributed by atoms with E-state index in [1.165, 1.54) is 0 Å². The summed E-state index contributed by atoms with van der Waals surface area (Å²) < 4.78 is 7.04. The Hall–Kier alpha value is -2.30. The van der Waals surface area contributed by atoms with E-state index in [9.17, 15) is 4.79 Å². The van der Waals surface area contributed by atoms with E-state index in [1.54, 1.807) is 25.6 Å². The number of rotatable bonds is 5. The van der Waals surface area contributed by atoms with Gasteiger partial charge in [0.1, 0.15) is 5.75 Å². The molecule has 1 heterocycles. The number of nitrogens with one attached hydrogen (secondary N) is 1. The second kappa shape index (κ2) is 6.04. The summed E-state index contributed by atoms with van der Waals surface area (Å²) in [4.78, 5) is 16.2. The largest absolute Gasteiger partial charge is 0.496 e. The van der Waals surface area contributed by atoms with E-state index in [0.29, 0.717) is 24.3 Å². The molecule has 19 heavy (non-hydrogen) atoms. The van der Waals surface area contributed by atoms with Gasteiger partial charge in [0.25, 0.3) is 5.91 Å². The van der Waals surface area contributed by atoms with Gasteiger partial charge in [-0.1, -0.05) is 12.1 Å². The number of carbonyl (C=O) groups excluding carboxylic acids is 1. The van der Waals surface area contributed by atoms with Crippen LogP contribution in [0.15, 0.2) is 36.8 Å². The average Bonchev–Trinajstić information content (AvgIpc) is 2.84. The third kappa shape index (κ3) is 3.34. The minimum absolute atomic E-state index is 0.131. The predicted octanol–water partition coefficient (Wildman–Crippen LogP) is 1.40. The van der Waals surface area contributed by atoms with Crippen LogP contribution in [0.2, 0.25) is 0 Å². The fourth-order valence-electron chi connectivity index (χ4n) is 1.83. The molecule has 1 aromatic heterocycles. The SMILES string of the molecule is COc1ccccc1C(=O)NCCc1cn(C)cn1. The molecule has 0 aliphatic carbocycles. The molecule has 0 saturated carbocycles. The Morgan fingerprint density at radius 2 is 2.21 bits per heavy atom. The van der Waals surface area contributed by atoms with Crippen molar-refractivity contribution in [1.82, 2.24) is 14.9 Å². The van der Waals surface area contributed by atoms with Gasteiger partial charge in [-0.2, -0.15) is 0 Å². The van der Waals surface area contributed by atoms with Gasteiger partial charge in [0.15, 0.2) is 0 Å². The van der Waals surface area contributed by atoms with Gasteiger partial charge < -0.3 is 14.6 Å². The second-order valence-corrected chi connectivity index (χ2v) is 4.24. The predicted molar refractivity (Wildman–Crippen MR) is 72.2 cm³/mol. The van der Waals surface area contributed by atoms with E-state index >= 15 is 0 Å². The van der Waals surface area contributed by atoms with Crippen molar-refractivity contribution in [3.63, 3.8) is 0 Å². The van der Waals surface area contributed by atoms with Crippen LogP contribution < -0.4 is 10.1 Å². The quantitative estimate of drug-likeness (QED) is 0.883. The lowest BCUT2D eigenvalue weighted by molar-refractivity contribution is 0.0951. The number of ether oxygens (including phenoxy) is 1. The van der Waals surface area contributed by atoms with Gasteiger partial charge in [-0.25, -0.2) is 4.98 Å². The highest BCUT2D eigenvalue weighted by molar-refractivity contribution is 5.96. The molecular formula is C14H17N3O2. The van der Waals surface area contributed by atoms with Gasteiger partial charge in [0.2, 0.25) is 0 Å². The number of para-hydroxylation sites is 1. The first kappa shape index (κ1) is 13.1. The lowest BCUT2D eigenvalue weighted by atomic mass is 10.2. The topological polar surface area (TPSA) is 56.1 Å². The molecule has 0 bridgehead atoms. The smallest absolute Gasteiger partial charge is 0.255 e. The summed E-state index contributed by atoms with van der Waals surface area (Å²) in [7, 11) is 3.48. The molecule has 5 nitrogen and oxygen atoms in total. The van der Waals surface area contributed by atoms with Crippen LogP contribution >= 0.6 is 0 Å². The highest BCUT2D eigenvalue weighted by Crippen LogP contribution is 2.16. The van der Waals surface area contributed by atoms with Gasteiger partial charge in [0, 0.05) is 26.2 Å². The maximum atomic E-state index is 12.0. The molecule has 100 valence electrons. The van der Waals surface area contributed by atoms with E-state index in [2.05, 4.69) is 10.3 Å². The summed E-state index contributed by atoms with van der Waals surface area (Å²) in [5, 5.41) is 2.86. The lowest BCUT2D eigenvalue weighted by Gasteiger charge is -2.08. The number of aromatic nitrogens is 2. The third-order valence-corrected chi connectivity index (χ3v) is 2.78. The number of imidazole rings is 1. The van der Waals surface area contributed by atoms with Crippen molar-refractivity contribution >= 4 is 5.91 Å². The monoisotopic (exact) mass is 259 g/mol. The van der Waals surface area contributed by atoms with Crippen molar-refractivity contribution in [3.05, 3.63) is 48.0 Å². The Balaban J connectivity index is 1.90. The molecule has 0 atom stereocenters. The number of aryl methyl sites for hydroxylation is 1. The van der Waals surface area contributed by atoms with E-state index in [-0.39, 0.29) is 5.91 Å². The van der Waals surface area contributed by atoms with Crippen LogP contribution in [0.1, 0.15) is 16.1 Å². The second-order valence-electron chi connectivity index (χ2n) is 4.24. The van der Waals surface area contributed by atoms with Crippen molar-refractivity contribution in [2.24, 2.45) is 7.05 Å². The molecule has 1 aromatic carbocycles. The first-order valence-electron chi connectivity index (χ1n) is 6.09. The zero-order valence-electron chi connectivity index (χ0n) is 11.1. The van der Waals surface area contributed by atoms with E-state index in [0.717, 1.165) is 5.69 Å². The molecule has 0 fully saturated rings. The fraction of sp³-hybridized carbons (Fsp3) is 0.286. The van der Waals surface area contributed by atoms with Gasteiger partial charge in [-0.05, 0) is 12.1 Å². The lowest BCUT2D eigenvalue weighted by Crippen LogP contribution is -2.26. The van der Waals surface area contributed by atoms with E-state index in [1.807, 2.05) is 29.9 Å². The molecule has 0 saturated heterocycles. The molecule has 0 unspecified atom stereocenters. The Kier molecular flexibility index (Phi) is 4.18. The van der Waals surface area contributed by atoms with Crippen molar-refractivity contribution < 1.29 is 9.53 Å². The zero-order chi connectivity index (χ0) is 13.7. The minimum Gasteiger partial charge on any atom is -0.496 e. The molecule has 0 aliphatic heterocycles. The summed E-state index contributed by atoms with van der Waals surface area (Å²) in [6.45, 7) is 0.549. The molecular weight excluding hydrogens is 242 g/mol. The Labute approximate surface area is 112 Å². The number of benzene rings is 1. The first-order chi connectivity index (χ1) is 9.20. The summed E-state index contributed by atoms with van der Waals surface area (Å²) in [5.74, 6) is 0.450. The summed E-state index contributed by atoms with van der Waals surface area (Å²) in [5.41, 5.74) is 1.51. The van der Waals surface area contributed by atoms with E-state index < -0.39 is 0 Å². The summed E-state index contributed by atoms with van der Waals surface area (Å²) in [6.07, 6.45) is 4.40. The Morgan fingerprint density at radius 1 is 1.42 bits per heavy atom. The Morgan fingerprint density at radius 3 is 2.89 bits per heavy atom. The van der Waals surface area contributed by atoms with Crippen LogP contribution in [0.4, 0.5) is 0 Å². The van der Waals surface area contributed by atoms with Crippen LogP contribution in [0.5, 0.6) is 5.75 Å². The van der Waals surface area contributed by atoms with Crippen molar-refractivity contribution in [2.75, 3.05) is 13.7 Å². The number of nitrogens with zero attached hydrogens (tertiary/aromatic N) is 2. The highest BCUT2D eigenvalue weighted by atomic mass is 16.5. The normalized spacial score (nSPS) is 10.2. The number of hydrogen-bond donors (Lipinski definition) is 1. The minimum atomic E-state index is -0.131. The molecule has 2 rings (SSSR count). The fourth-order valence-corrected chi connectivity index (χ4v) is 1.83. The van der Waals surface area contributed by atoms with Crippen LogP contribution in [-0.2, 0) is 13.5 Å². The maximum absolute atomic E-state index is 12.0. The average molecular weight is 259 g/mol. The Bertz CT molecular complexity index is 563. The number of carbonyl (C=O) groups is 1. The van der Waals surface area contributed by atoms with Crippen LogP contribution in [0.3, 0.4) is 0 Å². The molecule has 0 aliphatic rings. The molecule has 1 N–H and O–H groups in total. The van der Waals surface area contributed by atoms with Crippen LogP contribution in [-0.4, -0.2) is 29.1 Å². The van der Waals surface area contributed by atoms with Crippen LogP contribution in [0.25, 0.3) is 0 Å². The number of hydrogen-bond acceptors (Lipinski definition) is 3. The highest BCUT2D eigenvalue weighted by Gasteiger charge is 2.10. The van der Waals surface area contributed by atoms with Gasteiger partial charge >= 0.3 is 0 Å². The van der Waals surface area contributed by atoms with Crippen molar-refractivity contribution in [1.29, 1.82) is 0 Å². The molecule has 5 heteroatoms. The maximum Gasteiger partial charge on any atom is 0.255 e.